The summed E-state index contributed by atoms with van der Waals surface area (Å²) in [4.78, 5) is 33.6. The van der Waals surface area contributed by atoms with Crippen molar-refractivity contribution in [3.05, 3.63) is 86.0 Å². The first-order chi connectivity index (χ1) is 14.9. The highest BCUT2D eigenvalue weighted by molar-refractivity contribution is 5.74. The van der Waals surface area contributed by atoms with Crippen molar-refractivity contribution in [2.45, 2.75) is 6.54 Å². The predicted molar refractivity (Wildman–Crippen MR) is 105 cm³/mol. The number of aromatic nitrogens is 4. The molecule has 12 heteroatoms. The first-order valence-corrected chi connectivity index (χ1v) is 8.71. The van der Waals surface area contributed by atoms with Gasteiger partial charge in [0.1, 0.15) is 22.8 Å². The Hall–Kier alpha value is -4.66. The van der Waals surface area contributed by atoms with E-state index in [4.69, 9.17) is 5.26 Å². The summed E-state index contributed by atoms with van der Waals surface area (Å²) in [5.41, 5.74) is -0.937. The first kappa shape index (κ1) is 19.6. The lowest BCUT2D eigenvalue weighted by molar-refractivity contribution is -0.383. The van der Waals surface area contributed by atoms with E-state index in [9.17, 15) is 23.7 Å². The zero-order valence-corrected chi connectivity index (χ0v) is 15.5. The van der Waals surface area contributed by atoms with Crippen LogP contribution in [0.4, 0.5) is 26.1 Å². The third-order valence-corrected chi connectivity index (χ3v) is 4.46. The van der Waals surface area contributed by atoms with Gasteiger partial charge < -0.3 is 10.3 Å². The molecule has 2 N–H and O–H groups in total. The van der Waals surface area contributed by atoms with Crippen LogP contribution >= 0.6 is 0 Å². The lowest BCUT2D eigenvalue weighted by atomic mass is 10.2. The van der Waals surface area contributed by atoms with E-state index in [1.165, 1.54) is 24.4 Å². The molecular formula is C19H11F2N7O3. The van der Waals surface area contributed by atoms with Crippen LogP contribution in [0.25, 0.3) is 11.2 Å². The van der Waals surface area contributed by atoms with E-state index in [2.05, 4.69) is 20.3 Å². The van der Waals surface area contributed by atoms with Gasteiger partial charge in [-0.3, -0.25) is 14.7 Å². The third-order valence-electron chi connectivity index (χ3n) is 4.46. The largest absolute Gasteiger partial charge is 0.328 e. The van der Waals surface area contributed by atoms with Crippen LogP contribution in [0.1, 0.15) is 11.1 Å². The number of nitro benzene ring substituents is 1. The SMILES string of the molecule is N#Cc1ccc([N+](=O)[O-])c(Nc2ncc3[nH]c(=O)n(Cc4c(F)cccc4F)c3n2)c1. The lowest BCUT2D eigenvalue weighted by Crippen LogP contribution is -2.19. The van der Waals surface area contributed by atoms with Gasteiger partial charge in [0.2, 0.25) is 5.95 Å². The van der Waals surface area contributed by atoms with Gasteiger partial charge in [0, 0.05) is 11.6 Å². The van der Waals surface area contributed by atoms with Crippen molar-refractivity contribution in [2.24, 2.45) is 0 Å². The summed E-state index contributed by atoms with van der Waals surface area (Å²) in [6.07, 6.45) is 1.25. The van der Waals surface area contributed by atoms with Crippen molar-refractivity contribution >= 4 is 28.5 Å². The minimum atomic E-state index is -0.822. The number of hydrogen-bond acceptors (Lipinski definition) is 7. The quantitative estimate of drug-likeness (QED) is 0.371. The second kappa shape index (κ2) is 7.64. The first-order valence-electron chi connectivity index (χ1n) is 8.71. The molecule has 4 rings (SSSR count). The predicted octanol–water partition coefficient (Wildman–Crippen LogP) is 2.97. The number of H-pyrrole nitrogens is 1. The number of halogens is 2. The van der Waals surface area contributed by atoms with Gasteiger partial charge in [-0.05, 0) is 24.3 Å². The zero-order valence-electron chi connectivity index (χ0n) is 15.5. The Balaban J connectivity index is 1.78. The zero-order chi connectivity index (χ0) is 22.1. The number of benzene rings is 2. The van der Waals surface area contributed by atoms with Crippen LogP contribution in [0.15, 0.2) is 47.4 Å². The molecular weight excluding hydrogens is 412 g/mol. The summed E-state index contributed by atoms with van der Waals surface area (Å²) < 4.78 is 29.1. The number of anilines is 2. The Morgan fingerprint density at radius 3 is 2.68 bits per heavy atom. The minimum absolute atomic E-state index is 0.0317. The van der Waals surface area contributed by atoms with Crippen molar-refractivity contribution in [1.29, 1.82) is 5.26 Å². The van der Waals surface area contributed by atoms with Gasteiger partial charge in [-0.2, -0.15) is 10.2 Å². The Bertz CT molecular complexity index is 1420. The maximum Gasteiger partial charge on any atom is 0.328 e. The van der Waals surface area contributed by atoms with Gasteiger partial charge in [-0.1, -0.05) is 6.07 Å². The van der Waals surface area contributed by atoms with Crippen molar-refractivity contribution < 1.29 is 13.7 Å². The van der Waals surface area contributed by atoms with Crippen LogP contribution in [0.2, 0.25) is 0 Å². The number of nitriles is 1. The number of nitrogens with one attached hydrogen (secondary N) is 2. The summed E-state index contributed by atoms with van der Waals surface area (Å²) in [7, 11) is 0. The van der Waals surface area contributed by atoms with Crippen LogP contribution in [0, 0.1) is 33.1 Å². The summed E-state index contributed by atoms with van der Waals surface area (Å²) >= 11 is 0. The number of rotatable bonds is 5. The van der Waals surface area contributed by atoms with Crippen LogP contribution in [0.3, 0.4) is 0 Å². The second-order valence-electron chi connectivity index (χ2n) is 6.37. The molecule has 0 atom stereocenters. The van der Waals surface area contributed by atoms with E-state index >= 15 is 0 Å². The van der Waals surface area contributed by atoms with Gasteiger partial charge in [-0.25, -0.2) is 18.6 Å². The van der Waals surface area contributed by atoms with Gasteiger partial charge in [0.05, 0.1) is 29.3 Å². The van der Waals surface area contributed by atoms with E-state index in [1.54, 1.807) is 0 Å². The summed E-state index contributed by atoms with van der Waals surface area (Å²) in [5.74, 6) is -1.76. The molecule has 0 aliphatic carbocycles. The van der Waals surface area contributed by atoms with Crippen LogP contribution in [-0.4, -0.2) is 24.4 Å². The van der Waals surface area contributed by atoms with Crippen molar-refractivity contribution in [3.8, 4) is 6.07 Å². The van der Waals surface area contributed by atoms with Crippen molar-refractivity contribution in [3.63, 3.8) is 0 Å². The summed E-state index contributed by atoms with van der Waals surface area (Å²) in [5, 5.41) is 23.0. The maximum atomic E-state index is 14.0. The van der Waals surface area contributed by atoms with Crippen molar-refractivity contribution in [2.75, 3.05) is 5.32 Å². The fourth-order valence-corrected chi connectivity index (χ4v) is 2.98. The number of fused-ring (bicyclic) bond motifs is 1. The molecule has 0 saturated carbocycles. The van der Waals surface area contributed by atoms with Crippen LogP contribution in [0.5, 0.6) is 0 Å². The van der Waals surface area contributed by atoms with E-state index in [0.29, 0.717) is 0 Å². The van der Waals surface area contributed by atoms with E-state index in [-0.39, 0.29) is 39.6 Å². The molecule has 0 radical (unpaired) electrons. The maximum absolute atomic E-state index is 14.0. The highest BCUT2D eigenvalue weighted by Gasteiger charge is 2.18. The van der Waals surface area contributed by atoms with Crippen LogP contribution in [-0.2, 0) is 6.54 Å². The second-order valence-corrected chi connectivity index (χ2v) is 6.37. The molecule has 4 aromatic rings. The molecule has 0 unspecified atom stereocenters. The Morgan fingerprint density at radius 2 is 2.00 bits per heavy atom. The molecule has 0 fully saturated rings. The fourth-order valence-electron chi connectivity index (χ4n) is 2.98. The normalized spacial score (nSPS) is 10.7. The smallest absolute Gasteiger partial charge is 0.318 e. The Morgan fingerprint density at radius 1 is 1.26 bits per heavy atom. The molecule has 0 bridgehead atoms. The topological polar surface area (TPSA) is 143 Å². The molecule has 31 heavy (non-hydrogen) atoms. The standard InChI is InChI=1S/C19H11F2N7O3/c20-12-2-1-3-13(21)11(12)9-27-17-15(25-19(27)29)8-23-18(26-17)24-14-6-10(7-22)4-5-16(14)28(30)31/h1-6,8H,9H2,(H,25,29)(H,23,24,26). The number of imidazole rings is 1. The van der Waals surface area contributed by atoms with Gasteiger partial charge in [-0.15, -0.1) is 0 Å². The average Bonchev–Trinajstić information content (AvgIpc) is 3.05. The molecule has 2 aromatic carbocycles. The van der Waals surface area contributed by atoms with E-state index in [1.807, 2.05) is 6.07 Å². The average molecular weight is 423 g/mol. The molecule has 0 spiro atoms. The third kappa shape index (κ3) is 3.67. The highest BCUT2D eigenvalue weighted by Crippen LogP contribution is 2.27. The Labute approximate surface area is 171 Å². The summed E-state index contributed by atoms with van der Waals surface area (Å²) in [6, 6.07) is 8.93. The molecule has 0 saturated heterocycles. The van der Waals surface area contributed by atoms with Gasteiger partial charge >= 0.3 is 5.69 Å². The Kier molecular flexibility index (Phi) is 4.84. The number of aromatic amines is 1. The monoisotopic (exact) mass is 423 g/mol. The molecule has 154 valence electrons. The van der Waals surface area contributed by atoms with E-state index < -0.39 is 28.8 Å². The van der Waals surface area contributed by atoms with Gasteiger partial charge in [0.15, 0.2) is 5.65 Å². The minimum Gasteiger partial charge on any atom is -0.318 e. The molecule has 0 aliphatic heterocycles. The van der Waals surface area contributed by atoms with E-state index in [0.717, 1.165) is 22.8 Å². The molecule has 10 nitrogen and oxygen atoms in total. The molecule has 0 aliphatic rings. The summed E-state index contributed by atoms with van der Waals surface area (Å²) in [6.45, 7) is -0.433. The molecule has 2 aromatic heterocycles. The van der Waals surface area contributed by atoms with Crippen LogP contribution < -0.4 is 11.0 Å². The van der Waals surface area contributed by atoms with Gasteiger partial charge in [0.25, 0.3) is 5.69 Å². The number of nitrogens with zero attached hydrogens (tertiary/aromatic N) is 5. The molecule has 0 amide bonds. The number of nitro groups is 1. The number of hydrogen-bond donors (Lipinski definition) is 2. The molecule has 2 heterocycles. The lowest BCUT2D eigenvalue weighted by Gasteiger charge is -2.08. The van der Waals surface area contributed by atoms with Crippen molar-refractivity contribution in [1.82, 2.24) is 19.5 Å². The fraction of sp³-hybridized carbons (Fsp3) is 0.0526. The highest BCUT2D eigenvalue weighted by atomic mass is 19.1.